The second-order valence-corrected chi connectivity index (χ2v) is 7.34. The van der Waals surface area contributed by atoms with Gasteiger partial charge in [0.1, 0.15) is 11.3 Å². The maximum Gasteiger partial charge on any atom is 0.410 e. The molecule has 2 heterocycles. The maximum atomic E-state index is 13.0. The molecule has 2 amide bonds. The Morgan fingerprint density at radius 3 is 2.42 bits per heavy atom. The van der Waals surface area contributed by atoms with Crippen LogP contribution in [0.1, 0.15) is 42.5 Å². The first-order chi connectivity index (χ1) is 12.2. The molecule has 0 aromatic carbocycles. The zero-order chi connectivity index (χ0) is 19.5. The van der Waals surface area contributed by atoms with Crippen LogP contribution in [-0.2, 0) is 24.8 Å². The Morgan fingerprint density at radius 1 is 1.27 bits per heavy atom. The van der Waals surface area contributed by atoms with Gasteiger partial charge in [-0.1, -0.05) is 12.2 Å². The Balaban J connectivity index is 2.29. The average Bonchev–Trinajstić information content (AvgIpc) is 2.87. The third-order valence-electron chi connectivity index (χ3n) is 4.04. The summed E-state index contributed by atoms with van der Waals surface area (Å²) in [5.74, 6) is -0.146. The number of aromatic nitrogens is 2. The van der Waals surface area contributed by atoms with E-state index in [1.807, 2.05) is 20.8 Å². The van der Waals surface area contributed by atoms with Gasteiger partial charge in [0.05, 0.1) is 12.2 Å². The van der Waals surface area contributed by atoms with Crippen molar-refractivity contribution in [2.45, 2.75) is 39.3 Å². The summed E-state index contributed by atoms with van der Waals surface area (Å²) in [6.07, 6.45) is 3.58. The quantitative estimate of drug-likeness (QED) is 0.757. The van der Waals surface area contributed by atoms with Gasteiger partial charge in [-0.05, 0) is 20.8 Å². The van der Waals surface area contributed by atoms with Crippen molar-refractivity contribution in [1.82, 2.24) is 19.6 Å². The predicted molar refractivity (Wildman–Crippen MR) is 99.9 cm³/mol. The minimum Gasteiger partial charge on any atom is -0.444 e. The Bertz CT molecular complexity index is 705. The molecule has 26 heavy (non-hydrogen) atoms. The minimum absolute atomic E-state index is 0.146. The summed E-state index contributed by atoms with van der Waals surface area (Å²) in [7, 11) is 1.75. The van der Waals surface area contributed by atoms with Gasteiger partial charge in [-0.15, -0.1) is 13.2 Å². The first kappa shape index (κ1) is 19.8. The minimum atomic E-state index is -0.560. The van der Waals surface area contributed by atoms with Crippen molar-refractivity contribution in [3.63, 3.8) is 0 Å². The summed E-state index contributed by atoms with van der Waals surface area (Å²) in [5, 5.41) is 4.48. The van der Waals surface area contributed by atoms with Crippen LogP contribution in [0, 0.1) is 0 Å². The van der Waals surface area contributed by atoms with Crippen molar-refractivity contribution >= 4 is 12.0 Å². The van der Waals surface area contributed by atoms with Crippen LogP contribution in [0.5, 0.6) is 0 Å². The van der Waals surface area contributed by atoms with Crippen LogP contribution in [0.4, 0.5) is 4.79 Å². The zero-order valence-electron chi connectivity index (χ0n) is 16.1. The lowest BCUT2D eigenvalue weighted by atomic mass is 10.0. The maximum absolute atomic E-state index is 13.0. The third-order valence-corrected chi connectivity index (χ3v) is 4.04. The largest absolute Gasteiger partial charge is 0.444 e. The molecular formula is C19H28N4O3. The van der Waals surface area contributed by atoms with Gasteiger partial charge >= 0.3 is 6.09 Å². The highest BCUT2D eigenvalue weighted by Gasteiger charge is 2.32. The molecule has 0 unspecified atom stereocenters. The monoisotopic (exact) mass is 360 g/mol. The molecular weight excluding hydrogens is 332 g/mol. The molecule has 2 rings (SSSR count). The Labute approximate surface area is 154 Å². The summed E-state index contributed by atoms with van der Waals surface area (Å²) < 4.78 is 7.06. The van der Waals surface area contributed by atoms with E-state index in [0.717, 1.165) is 11.3 Å². The number of fused-ring (bicyclic) bond motifs is 1. The van der Waals surface area contributed by atoms with Crippen LogP contribution < -0.4 is 0 Å². The smallest absolute Gasteiger partial charge is 0.410 e. The Kier molecular flexibility index (Phi) is 5.90. The van der Waals surface area contributed by atoms with Crippen molar-refractivity contribution in [2.75, 3.05) is 19.6 Å². The number of carbonyl (C=O) groups excluding carboxylic acids is 2. The molecule has 0 saturated heterocycles. The first-order valence-corrected chi connectivity index (χ1v) is 8.71. The number of hydrogen-bond acceptors (Lipinski definition) is 4. The zero-order valence-corrected chi connectivity index (χ0v) is 16.1. The fraction of sp³-hybridized carbons (Fsp3) is 0.526. The van der Waals surface area contributed by atoms with Crippen LogP contribution in [0.2, 0.25) is 0 Å². The fourth-order valence-corrected chi connectivity index (χ4v) is 2.95. The van der Waals surface area contributed by atoms with Gasteiger partial charge in [0, 0.05) is 38.7 Å². The average molecular weight is 360 g/mol. The standard InChI is InChI=1S/C19H28N4O3/c1-7-10-22(11-8-2)17(24)16-14-13-23(18(25)26-19(3,4)5)12-9-15(14)20-21(16)6/h7-8H,1-2,9-13H2,3-6H3. The summed E-state index contributed by atoms with van der Waals surface area (Å²) >= 11 is 0. The van der Waals surface area contributed by atoms with Gasteiger partial charge in [-0.25, -0.2) is 4.79 Å². The lowest BCUT2D eigenvalue weighted by molar-refractivity contribution is 0.0222. The lowest BCUT2D eigenvalue weighted by Crippen LogP contribution is -2.40. The van der Waals surface area contributed by atoms with Crippen molar-refractivity contribution in [1.29, 1.82) is 0 Å². The van der Waals surface area contributed by atoms with Gasteiger partial charge < -0.3 is 14.5 Å². The number of carbonyl (C=O) groups is 2. The van der Waals surface area contributed by atoms with Crippen LogP contribution in [-0.4, -0.2) is 56.8 Å². The van der Waals surface area contributed by atoms with Crippen molar-refractivity contribution in [2.24, 2.45) is 7.05 Å². The molecule has 0 spiro atoms. The second-order valence-electron chi connectivity index (χ2n) is 7.34. The van der Waals surface area contributed by atoms with Crippen LogP contribution in [0.25, 0.3) is 0 Å². The number of hydrogen-bond donors (Lipinski definition) is 0. The van der Waals surface area contributed by atoms with Crippen LogP contribution in [0.15, 0.2) is 25.3 Å². The molecule has 0 saturated carbocycles. The van der Waals surface area contributed by atoms with Gasteiger partial charge in [-0.2, -0.15) is 5.10 Å². The molecule has 0 atom stereocenters. The lowest BCUT2D eigenvalue weighted by Gasteiger charge is -2.30. The van der Waals surface area contributed by atoms with E-state index in [1.54, 1.807) is 33.7 Å². The van der Waals surface area contributed by atoms with E-state index in [9.17, 15) is 9.59 Å². The number of rotatable bonds is 5. The number of aryl methyl sites for hydroxylation is 1. The van der Waals surface area contributed by atoms with Gasteiger partial charge in [0.15, 0.2) is 0 Å². The van der Waals surface area contributed by atoms with Crippen molar-refractivity contribution in [3.05, 3.63) is 42.3 Å². The van der Waals surface area contributed by atoms with Crippen molar-refractivity contribution < 1.29 is 14.3 Å². The molecule has 0 N–H and O–H groups in total. The van der Waals surface area contributed by atoms with Gasteiger partial charge in [0.25, 0.3) is 5.91 Å². The van der Waals surface area contributed by atoms with E-state index in [4.69, 9.17) is 4.74 Å². The normalized spacial score (nSPS) is 13.8. The molecule has 0 radical (unpaired) electrons. The molecule has 0 fully saturated rings. The molecule has 142 valence electrons. The highest BCUT2D eigenvalue weighted by atomic mass is 16.6. The summed E-state index contributed by atoms with van der Waals surface area (Å²) in [6.45, 7) is 14.6. The number of nitrogens with zero attached hydrogens (tertiary/aromatic N) is 4. The van der Waals surface area contributed by atoms with Gasteiger partial charge in [0.2, 0.25) is 0 Å². The molecule has 0 bridgehead atoms. The molecule has 7 heteroatoms. The highest BCUT2D eigenvalue weighted by molar-refractivity contribution is 5.94. The molecule has 0 aliphatic carbocycles. The molecule has 1 aromatic heterocycles. The fourth-order valence-electron chi connectivity index (χ4n) is 2.95. The third kappa shape index (κ3) is 4.33. The Morgan fingerprint density at radius 2 is 1.88 bits per heavy atom. The van der Waals surface area contributed by atoms with Gasteiger partial charge in [-0.3, -0.25) is 9.48 Å². The van der Waals surface area contributed by atoms with Crippen LogP contribution in [0.3, 0.4) is 0 Å². The first-order valence-electron chi connectivity index (χ1n) is 8.71. The summed E-state index contributed by atoms with van der Waals surface area (Å²) in [6, 6.07) is 0. The SMILES string of the molecule is C=CCN(CC=C)C(=O)c1c2c(nn1C)CCN(C(=O)OC(C)(C)C)C2. The Hall–Kier alpha value is -2.57. The topological polar surface area (TPSA) is 67.7 Å². The molecule has 7 nitrogen and oxygen atoms in total. The van der Waals surface area contributed by atoms with E-state index in [1.165, 1.54) is 0 Å². The van der Waals surface area contributed by atoms with E-state index in [0.29, 0.717) is 38.3 Å². The number of ether oxygens (including phenoxy) is 1. The molecule has 1 aliphatic heterocycles. The summed E-state index contributed by atoms with van der Waals surface area (Å²) in [4.78, 5) is 28.7. The molecule has 1 aromatic rings. The van der Waals surface area contributed by atoms with E-state index >= 15 is 0 Å². The highest BCUT2D eigenvalue weighted by Crippen LogP contribution is 2.24. The van der Waals surface area contributed by atoms with E-state index in [-0.39, 0.29) is 12.0 Å². The summed E-state index contributed by atoms with van der Waals surface area (Å²) in [5.41, 5.74) is 1.58. The van der Waals surface area contributed by atoms with Crippen LogP contribution >= 0.6 is 0 Å². The molecule has 1 aliphatic rings. The second kappa shape index (κ2) is 7.76. The van der Waals surface area contributed by atoms with E-state index in [2.05, 4.69) is 18.3 Å². The van der Waals surface area contributed by atoms with E-state index < -0.39 is 5.60 Å². The van der Waals surface area contributed by atoms with Crippen molar-refractivity contribution in [3.8, 4) is 0 Å². The predicted octanol–water partition coefficient (Wildman–Crippen LogP) is 2.53. The number of amides is 2.